The summed E-state index contributed by atoms with van der Waals surface area (Å²) in [5.74, 6) is -0.437. The van der Waals surface area contributed by atoms with Crippen LogP contribution in [0, 0.1) is 11.2 Å². The quantitative estimate of drug-likeness (QED) is 0.854. The molecule has 1 aliphatic heterocycles. The molecule has 1 aliphatic rings. The second kappa shape index (κ2) is 6.04. The van der Waals surface area contributed by atoms with Crippen LogP contribution in [0.1, 0.15) is 61.9 Å². The Balaban J connectivity index is 1.86. The van der Waals surface area contributed by atoms with Gasteiger partial charge in [0, 0.05) is 22.2 Å². The van der Waals surface area contributed by atoms with Gasteiger partial charge in [0.2, 0.25) is 5.91 Å². The number of benzene rings is 1. The van der Waals surface area contributed by atoms with Crippen LogP contribution in [0.3, 0.4) is 0 Å². The van der Waals surface area contributed by atoms with Gasteiger partial charge in [0.15, 0.2) is 5.78 Å². The zero-order chi connectivity index (χ0) is 19.3. The van der Waals surface area contributed by atoms with Gasteiger partial charge < -0.3 is 4.90 Å². The maximum atomic E-state index is 13.0. The van der Waals surface area contributed by atoms with Gasteiger partial charge in [0.25, 0.3) is 0 Å². The number of rotatable bonds is 3. The standard InChI is InChI=1S/C20H24FN3O2/c1-19(2,3)18(26)24-11-14-15(22-23-17(14)20(24,4)5)10-16(25)12-6-8-13(21)9-7-12/h6-9H,10-11H2,1-5H3,(H,22,23). The number of nitrogens with one attached hydrogen (secondary N) is 1. The van der Waals surface area contributed by atoms with E-state index in [0.717, 1.165) is 11.3 Å². The molecule has 0 radical (unpaired) electrons. The number of fused-ring (bicyclic) bond motifs is 1. The molecule has 0 unspecified atom stereocenters. The largest absolute Gasteiger partial charge is 0.327 e. The van der Waals surface area contributed by atoms with E-state index in [9.17, 15) is 14.0 Å². The predicted molar refractivity (Wildman–Crippen MR) is 96.1 cm³/mol. The Morgan fingerprint density at radius 2 is 1.85 bits per heavy atom. The third kappa shape index (κ3) is 3.04. The van der Waals surface area contributed by atoms with Crippen molar-refractivity contribution in [3.05, 3.63) is 52.6 Å². The number of halogens is 1. The van der Waals surface area contributed by atoms with Crippen LogP contribution in [-0.2, 0) is 23.3 Å². The molecule has 138 valence electrons. The Hall–Kier alpha value is -2.50. The highest BCUT2D eigenvalue weighted by molar-refractivity contribution is 5.97. The highest BCUT2D eigenvalue weighted by Crippen LogP contribution is 2.41. The van der Waals surface area contributed by atoms with E-state index in [1.165, 1.54) is 24.3 Å². The first-order valence-electron chi connectivity index (χ1n) is 8.69. The van der Waals surface area contributed by atoms with E-state index in [1.807, 2.05) is 39.5 Å². The van der Waals surface area contributed by atoms with Gasteiger partial charge in [-0.1, -0.05) is 20.8 Å². The second-order valence-corrected chi connectivity index (χ2v) is 8.34. The second-order valence-electron chi connectivity index (χ2n) is 8.34. The van der Waals surface area contributed by atoms with Crippen LogP contribution in [-0.4, -0.2) is 26.8 Å². The number of hydrogen-bond acceptors (Lipinski definition) is 3. The third-order valence-electron chi connectivity index (χ3n) is 4.91. The summed E-state index contributed by atoms with van der Waals surface area (Å²) in [6, 6.07) is 5.51. The minimum Gasteiger partial charge on any atom is -0.327 e. The lowest BCUT2D eigenvalue weighted by molar-refractivity contribution is -0.145. The summed E-state index contributed by atoms with van der Waals surface area (Å²) < 4.78 is 13.0. The lowest BCUT2D eigenvalue weighted by atomic mass is 9.92. The number of amides is 1. The number of Topliss-reactive ketones (excluding diaryl/α,β-unsaturated/α-hetero) is 1. The van der Waals surface area contributed by atoms with Gasteiger partial charge in [-0.2, -0.15) is 5.10 Å². The predicted octanol–water partition coefficient (Wildman–Crippen LogP) is 3.60. The summed E-state index contributed by atoms with van der Waals surface area (Å²) in [5.41, 5.74) is 1.85. The van der Waals surface area contributed by atoms with Gasteiger partial charge in [0.1, 0.15) is 5.82 Å². The maximum Gasteiger partial charge on any atom is 0.229 e. The number of aromatic amines is 1. The molecular formula is C20H24FN3O2. The fraction of sp³-hybridized carbons (Fsp3) is 0.450. The molecule has 0 saturated carbocycles. The van der Waals surface area contributed by atoms with Gasteiger partial charge in [-0.15, -0.1) is 0 Å². The van der Waals surface area contributed by atoms with Gasteiger partial charge in [-0.25, -0.2) is 4.39 Å². The molecule has 1 aromatic carbocycles. The molecule has 0 spiro atoms. The van der Waals surface area contributed by atoms with Crippen molar-refractivity contribution in [3.8, 4) is 0 Å². The Bertz CT molecular complexity index is 860. The van der Waals surface area contributed by atoms with Crippen molar-refractivity contribution in [2.45, 2.75) is 53.1 Å². The van der Waals surface area contributed by atoms with E-state index in [4.69, 9.17) is 0 Å². The normalized spacial score (nSPS) is 15.8. The molecule has 5 nitrogen and oxygen atoms in total. The lowest BCUT2D eigenvalue weighted by Crippen LogP contribution is -2.46. The smallest absolute Gasteiger partial charge is 0.229 e. The zero-order valence-electron chi connectivity index (χ0n) is 15.8. The minimum absolute atomic E-state index is 0.0521. The third-order valence-corrected chi connectivity index (χ3v) is 4.91. The van der Waals surface area contributed by atoms with Crippen LogP contribution < -0.4 is 0 Å². The number of nitrogens with zero attached hydrogens (tertiary/aromatic N) is 2. The molecule has 1 amide bonds. The van der Waals surface area contributed by atoms with E-state index in [2.05, 4.69) is 10.2 Å². The van der Waals surface area contributed by atoms with Crippen LogP contribution in [0.25, 0.3) is 0 Å². The van der Waals surface area contributed by atoms with E-state index in [0.29, 0.717) is 17.8 Å². The fourth-order valence-electron chi connectivity index (χ4n) is 3.34. The molecule has 0 bridgehead atoms. The number of aromatic nitrogens is 2. The van der Waals surface area contributed by atoms with Crippen molar-refractivity contribution in [1.82, 2.24) is 15.1 Å². The van der Waals surface area contributed by atoms with E-state index < -0.39 is 11.0 Å². The number of carbonyl (C=O) groups excluding carboxylic acids is 2. The molecule has 0 atom stereocenters. The van der Waals surface area contributed by atoms with Gasteiger partial charge in [-0.05, 0) is 38.1 Å². The molecule has 3 rings (SSSR count). The Labute approximate surface area is 152 Å². The van der Waals surface area contributed by atoms with Crippen LogP contribution in [0.4, 0.5) is 4.39 Å². The number of ketones is 1. The van der Waals surface area contributed by atoms with E-state index in [-0.39, 0.29) is 23.9 Å². The minimum atomic E-state index is -0.534. The van der Waals surface area contributed by atoms with Crippen molar-refractivity contribution in [1.29, 1.82) is 0 Å². The van der Waals surface area contributed by atoms with E-state index in [1.54, 1.807) is 0 Å². The highest BCUT2D eigenvalue weighted by Gasteiger charge is 2.46. The molecule has 0 fully saturated rings. The molecule has 1 aromatic heterocycles. The molecule has 0 aliphatic carbocycles. The first kappa shape index (κ1) is 18.3. The zero-order valence-corrected chi connectivity index (χ0v) is 15.8. The highest BCUT2D eigenvalue weighted by atomic mass is 19.1. The summed E-state index contributed by atoms with van der Waals surface area (Å²) in [4.78, 5) is 27.2. The number of carbonyl (C=O) groups is 2. The van der Waals surface area contributed by atoms with Crippen LogP contribution >= 0.6 is 0 Å². The first-order chi connectivity index (χ1) is 12.0. The van der Waals surface area contributed by atoms with Crippen molar-refractivity contribution in [2.24, 2.45) is 5.41 Å². The Morgan fingerprint density at radius 1 is 1.23 bits per heavy atom. The summed E-state index contributed by atoms with van der Waals surface area (Å²) >= 11 is 0. The maximum absolute atomic E-state index is 13.0. The first-order valence-corrected chi connectivity index (χ1v) is 8.69. The number of hydrogen-bond donors (Lipinski definition) is 1. The summed E-state index contributed by atoms with van der Waals surface area (Å²) in [5, 5.41) is 7.35. The van der Waals surface area contributed by atoms with Crippen LogP contribution in [0.15, 0.2) is 24.3 Å². The van der Waals surface area contributed by atoms with E-state index >= 15 is 0 Å². The molecular weight excluding hydrogens is 333 g/mol. The SMILES string of the molecule is CC(C)(C)C(=O)N1Cc2c(n[nH]c2CC(=O)c2ccc(F)cc2)C1(C)C. The topological polar surface area (TPSA) is 66.1 Å². The average Bonchev–Trinajstić information content (AvgIpc) is 3.05. The molecule has 1 N–H and O–H groups in total. The monoisotopic (exact) mass is 357 g/mol. The Morgan fingerprint density at radius 3 is 2.42 bits per heavy atom. The van der Waals surface area contributed by atoms with Crippen molar-refractivity contribution in [2.75, 3.05) is 0 Å². The van der Waals surface area contributed by atoms with Crippen LogP contribution in [0.5, 0.6) is 0 Å². The van der Waals surface area contributed by atoms with Crippen molar-refractivity contribution >= 4 is 11.7 Å². The van der Waals surface area contributed by atoms with Gasteiger partial charge in [-0.3, -0.25) is 14.7 Å². The molecule has 0 saturated heterocycles. The number of H-pyrrole nitrogens is 1. The fourth-order valence-corrected chi connectivity index (χ4v) is 3.34. The van der Waals surface area contributed by atoms with Crippen molar-refractivity contribution < 1.29 is 14.0 Å². The van der Waals surface area contributed by atoms with Crippen LogP contribution in [0.2, 0.25) is 0 Å². The van der Waals surface area contributed by atoms with Crippen molar-refractivity contribution in [3.63, 3.8) is 0 Å². The lowest BCUT2D eigenvalue weighted by Gasteiger charge is -2.36. The molecule has 2 aromatic rings. The average molecular weight is 357 g/mol. The summed E-state index contributed by atoms with van der Waals surface area (Å²) in [6.07, 6.45) is 0.140. The Kier molecular flexibility index (Phi) is 4.25. The summed E-state index contributed by atoms with van der Waals surface area (Å²) in [6.45, 7) is 10.1. The molecule has 6 heteroatoms. The molecule has 26 heavy (non-hydrogen) atoms. The molecule has 2 heterocycles. The summed E-state index contributed by atoms with van der Waals surface area (Å²) in [7, 11) is 0. The van der Waals surface area contributed by atoms with Gasteiger partial charge in [0.05, 0.1) is 24.2 Å². The van der Waals surface area contributed by atoms with Gasteiger partial charge >= 0.3 is 0 Å².